The number of nitrogens with zero attached hydrogens (tertiary/aromatic N) is 2. The molecule has 0 amide bonds. The van der Waals surface area contributed by atoms with Gasteiger partial charge in [0.25, 0.3) is 0 Å². The van der Waals surface area contributed by atoms with E-state index in [1.165, 1.54) is 0 Å². The molecule has 130 valence electrons. The monoisotopic (exact) mass is 330 g/mol. The maximum Gasteiger partial charge on any atom is 0.161 e. The Morgan fingerprint density at radius 1 is 1.17 bits per heavy atom. The minimum Gasteiger partial charge on any atom is -0.493 e. The van der Waals surface area contributed by atoms with Crippen molar-refractivity contribution < 1.29 is 9.47 Å². The number of fused-ring (bicyclic) bond motifs is 1. The zero-order valence-electron chi connectivity index (χ0n) is 15.1. The number of nitrogens with one attached hydrogen (secondary N) is 2. The second-order valence-corrected chi connectivity index (χ2v) is 7.00. The van der Waals surface area contributed by atoms with E-state index in [0.29, 0.717) is 5.75 Å². The highest BCUT2D eigenvalue weighted by Gasteiger charge is 2.24. The zero-order chi connectivity index (χ0) is 17.3. The molecule has 1 aliphatic heterocycles. The van der Waals surface area contributed by atoms with Gasteiger partial charge in [-0.15, -0.1) is 0 Å². The average molecular weight is 330 g/mol. The van der Waals surface area contributed by atoms with Crippen LogP contribution in [-0.4, -0.2) is 35.9 Å². The summed E-state index contributed by atoms with van der Waals surface area (Å²) < 4.78 is 13.1. The van der Waals surface area contributed by atoms with Crippen molar-refractivity contribution in [2.24, 2.45) is 0 Å². The third-order valence-corrected chi connectivity index (χ3v) is 3.99. The molecule has 0 aliphatic carbocycles. The molecule has 1 aromatic carbocycles. The summed E-state index contributed by atoms with van der Waals surface area (Å²) in [6, 6.07) is 5.93. The van der Waals surface area contributed by atoms with Gasteiger partial charge in [0.1, 0.15) is 17.3 Å². The predicted octanol–water partition coefficient (Wildman–Crippen LogP) is 2.88. The number of hydrogen-bond donors (Lipinski definition) is 2. The molecule has 0 fully saturated rings. The van der Waals surface area contributed by atoms with Crippen LogP contribution in [0.3, 0.4) is 0 Å². The van der Waals surface area contributed by atoms with Crippen LogP contribution in [-0.2, 0) is 13.1 Å². The predicted molar refractivity (Wildman–Crippen MR) is 95.8 cm³/mol. The molecule has 1 aromatic heterocycles. The number of methoxy groups -OCH3 is 2. The number of ether oxygens (including phenoxy) is 2. The minimum absolute atomic E-state index is 0.0486. The van der Waals surface area contributed by atoms with E-state index in [0.717, 1.165) is 48.3 Å². The van der Waals surface area contributed by atoms with E-state index in [4.69, 9.17) is 14.5 Å². The van der Waals surface area contributed by atoms with Crippen molar-refractivity contribution in [1.29, 1.82) is 0 Å². The molecule has 0 radical (unpaired) electrons. The van der Waals surface area contributed by atoms with E-state index in [1.54, 1.807) is 14.2 Å². The van der Waals surface area contributed by atoms with Gasteiger partial charge in [-0.05, 0) is 39.0 Å². The van der Waals surface area contributed by atoms with Crippen LogP contribution in [0.25, 0.3) is 11.3 Å². The lowest BCUT2D eigenvalue weighted by Crippen LogP contribution is -2.32. The Morgan fingerprint density at radius 3 is 2.58 bits per heavy atom. The van der Waals surface area contributed by atoms with Crippen molar-refractivity contribution in [3.05, 3.63) is 24.0 Å². The van der Waals surface area contributed by atoms with E-state index in [1.807, 2.05) is 18.2 Å². The molecule has 24 heavy (non-hydrogen) atoms. The van der Waals surface area contributed by atoms with Gasteiger partial charge in [-0.3, -0.25) is 0 Å². The topological polar surface area (TPSA) is 60.3 Å². The molecule has 2 heterocycles. The van der Waals surface area contributed by atoms with Gasteiger partial charge >= 0.3 is 0 Å². The quantitative estimate of drug-likeness (QED) is 0.903. The molecule has 3 rings (SSSR count). The smallest absolute Gasteiger partial charge is 0.161 e. The van der Waals surface area contributed by atoms with Crippen molar-refractivity contribution in [2.75, 3.05) is 26.1 Å². The van der Waals surface area contributed by atoms with Gasteiger partial charge in [-0.1, -0.05) is 0 Å². The number of rotatable bonds is 4. The van der Waals surface area contributed by atoms with Crippen molar-refractivity contribution in [1.82, 2.24) is 14.9 Å². The van der Waals surface area contributed by atoms with Crippen LogP contribution < -0.4 is 20.1 Å². The van der Waals surface area contributed by atoms with Gasteiger partial charge in [0.05, 0.1) is 20.8 Å². The van der Waals surface area contributed by atoms with Gasteiger partial charge in [0.15, 0.2) is 11.5 Å². The van der Waals surface area contributed by atoms with E-state index in [2.05, 4.69) is 36.0 Å². The van der Waals surface area contributed by atoms with Crippen molar-refractivity contribution in [2.45, 2.75) is 39.4 Å². The van der Waals surface area contributed by atoms with E-state index in [-0.39, 0.29) is 5.54 Å². The fraction of sp³-hybridized carbons (Fsp3) is 0.500. The number of anilines is 1. The lowest BCUT2D eigenvalue weighted by atomic mass is 10.1. The summed E-state index contributed by atoms with van der Waals surface area (Å²) in [6.07, 6.45) is 0. The molecule has 6 heteroatoms. The van der Waals surface area contributed by atoms with Crippen LogP contribution in [0, 0.1) is 0 Å². The largest absolute Gasteiger partial charge is 0.493 e. The molecule has 6 nitrogen and oxygen atoms in total. The van der Waals surface area contributed by atoms with Gasteiger partial charge in [-0.2, -0.15) is 0 Å². The van der Waals surface area contributed by atoms with Crippen LogP contribution >= 0.6 is 0 Å². The Labute approximate surface area is 143 Å². The van der Waals surface area contributed by atoms with Crippen LogP contribution in [0.15, 0.2) is 18.2 Å². The highest BCUT2D eigenvalue weighted by atomic mass is 16.5. The molecular formula is C18H26N4O2. The van der Waals surface area contributed by atoms with Gasteiger partial charge in [0.2, 0.25) is 0 Å². The molecular weight excluding hydrogens is 304 g/mol. The van der Waals surface area contributed by atoms with Gasteiger partial charge in [0, 0.05) is 24.2 Å². The average Bonchev–Trinajstić information content (AvgIpc) is 2.91. The highest BCUT2D eigenvalue weighted by Crippen LogP contribution is 2.36. The summed E-state index contributed by atoms with van der Waals surface area (Å²) in [5.74, 6) is 3.54. The molecule has 0 spiro atoms. The van der Waals surface area contributed by atoms with Gasteiger partial charge in [-0.25, -0.2) is 4.98 Å². The zero-order valence-corrected chi connectivity index (χ0v) is 15.1. The van der Waals surface area contributed by atoms with Crippen molar-refractivity contribution >= 4 is 5.82 Å². The van der Waals surface area contributed by atoms with Crippen LogP contribution in [0.1, 0.15) is 26.6 Å². The van der Waals surface area contributed by atoms with Crippen molar-refractivity contribution in [3.63, 3.8) is 0 Å². The Morgan fingerprint density at radius 2 is 1.92 bits per heavy atom. The Balaban J connectivity index is 2.11. The standard InChI is InChI=1S/C18H26N4O2/c1-18(2,3)21-17-16(20-15-11-19-8-9-22(15)17)12-6-7-13(23-4)14(10-12)24-5/h6-7,10,19,21H,8-9,11H2,1-5H3. The summed E-state index contributed by atoms with van der Waals surface area (Å²) in [7, 11) is 3.29. The summed E-state index contributed by atoms with van der Waals surface area (Å²) in [4.78, 5) is 4.88. The molecule has 2 aromatic rings. The first-order chi connectivity index (χ1) is 11.4. The maximum atomic E-state index is 5.45. The first-order valence-electron chi connectivity index (χ1n) is 8.23. The first kappa shape index (κ1) is 16.6. The van der Waals surface area contributed by atoms with Crippen molar-refractivity contribution in [3.8, 4) is 22.8 Å². The van der Waals surface area contributed by atoms with E-state index < -0.39 is 0 Å². The summed E-state index contributed by atoms with van der Waals surface area (Å²) in [5, 5.41) is 7.00. The molecule has 1 aliphatic rings. The van der Waals surface area contributed by atoms with E-state index in [9.17, 15) is 0 Å². The molecule has 0 saturated heterocycles. The fourth-order valence-electron chi connectivity index (χ4n) is 2.93. The number of hydrogen-bond acceptors (Lipinski definition) is 5. The number of benzene rings is 1. The number of imidazole rings is 1. The maximum absolute atomic E-state index is 5.45. The van der Waals surface area contributed by atoms with E-state index >= 15 is 0 Å². The molecule has 0 saturated carbocycles. The fourth-order valence-corrected chi connectivity index (χ4v) is 2.93. The first-order valence-corrected chi connectivity index (χ1v) is 8.23. The lowest BCUT2D eigenvalue weighted by molar-refractivity contribution is 0.355. The van der Waals surface area contributed by atoms with Crippen LogP contribution in [0.4, 0.5) is 5.82 Å². The summed E-state index contributed by atoms with van der Waals surface area (Å²) in [6.45, 7) is 9.12. The molecule has 0 bridgehead atoms. The third-order valence-electron chi connectivity index (χ3n) is 3.99. The lowest BCUT2D eigenvalue weighted by Gasteiger charge is -2.26. The second kappa shape index (κ2) is 6.36. The Hall–Kier alpha value is -2.21. The normalized spacial score (nSPS) is 14.2. The Bertz CT molecular complexity index is 731. The Kier molecular flexibility index (Phi) is 4.41. The van der Waals surface area contributed by atoms with Crippen LogP contribution in [0.5, 0.6) is 11.5 Å². The minimum atomic E-state index is -0.0486. The van der Waals surface area contributed by atoms with Gasteiger partial charge < -0.3 is 24.7 Å². The van der Waals surface area contributed by atoms with Crippen LogP contribution in [0.2, 0.25) is 0 Å². The second-order valence-electron chi connectivity index (χ2n) is 7.00. The SMILES string of the molecule is COc1ccc(-c2nc3n(c2NC(C)(C)C)CCNC3)cc1OC. The molecule has 2 N–H and O–H groups in total. The summed E-state index contributed by atoms with van der Waals surface area (Å²) >= 11 is 0. The molecule has 0 unspecified atom stereocenters. The third kappa shape index (κ3) is 3.19. The molecule has 0 atom stereocenters. The summed E-state index contributed by atoms with van der Waals surface area (Å²) in [5.41, 5.74) is 1.92. The highest BCUT2D eigenvalue weighted by molar-refractivity contribution is 5.75. The number of aromatic nitrogens is 2.